The van der Waals surface area contributed by atoms with Gasteiger partial charge >= 0.3 is 5.97 Å². The lowest BCUT2D eigenvalue weighted by atomic mass is 9.89. The number of carbonyl (C=O) groups excluding carboxylic acids is 1. The van der Waals surface area contributed by atoms with Crippen LogP contribution in [0, 0.1) is 0 Å². The summed E-state index contributed by atoms with van der Waals surface area (Å²) < 4.78 is 27.1. The standard InChI is InChI=1S/C21H16O7/c1-24-15-4-3-10(5-14(15)22)18-11-6-16-17(28-9-27-16)7-12(11)20(25-2)13-8-26-21(23)19(13)18/h3-7,22H,8-9H2,1-2H3. The van der Waals surface area contributed by atoms with E-state index in [4.69, 9.17) is 23.7 Å². The van der Waals surface area contributed by atoms with Crippen LogP contribution in [0.3, 0.4) is 0 Å². The van der Waals surface area contributed by atoms with Crippen LogP contribution in [-0.2, 0) is 11.3 Å². The Kier molecular flexibility index (Phi) is 3.52. The smallest absolute Gasteiger partial charge is 0.339 e. The second-order valence-corrected chi connectivity index (χ2v) is 6.48. The maximum absolute atomic E-state index is 12.6. The Balaban J connectivity index is 1.91. The summed E-state index contributed by atoms with van der Waals surface area (Å²) in [5.74, 6) is 1.65. The van der Waals surface area contributed by atoms with Crippen LogP contribution in [0.2, 0.25) is 0 Å². The van der Waals surface area contributed by atoms with Gasteiger partial charge in [0.15, 0.2) is 23.0 Å². The summed E-state index contributed by atoms with van der Waals surface area (Å²) >= 11 is 0. The van der Waals surface area contributed by atoms with Gasteiger partial charge in [0.05, 0.1) is 19.8 Å². The Morgan fingerprint density at radius 3 is 2.36 bits per heavy atom. The van der Waals surface area contributed by atoms with Crippen LogP contribution >= 0.6 is 0 Å². The highest BCUT2D eigenvalue weighted by Gasteiger charge is 2.33. The number of aromatic hydroxyl groups is 1. The van der Waals surface area contributed by atoms with Gasteiger partial charge in [-0.15, -0.1) is 0 Å². The number of benzene rings is 3. The number of methoxy groups -OCH3 is 2. The monoisotopic (exact) mass is 380 g/mol. The van der Waals surface area contributed by atoms with Crippen LogP contribution in [0.15, 0.2) is 30.3 Å². The molecule has 3 aromatic carbocycles. The average molecular weight is 380 g/mol. The van der Waals surface area contributed by atoms with Crippen molar-refractivity contribution in [2.75, 3.05) is 21.0 Å². The Hall–Kier alpha value is -3.61. The van der Waals surface area contributed by atoms with E-state index in [-0.39, 0.29) is 19.1 Å². The highest BCUT2D eigenvalue weighted by atomic mass is 16.7. The SMILES string of the molecule is COc1ccc(-c2c3c(c(OC)c4cc5c(cc24)OCO5)COC3=O)cc1O. The molecule has 28 heavy (non-hydrogen) atoms. The number of carbonyl (C=O) groups is 1. The molecule has 0 fully saturated rings. The van der Waals surface area contributed by atoms with E-state index in [2.05, 4.69) is 0 Å². The number of hydrogen-bond donors (Lipinski definition) is 1. The van der Waals surface area contributed by atoms with Crippen molar-refractivity contribution in [3.05, 3.63) is 41.5 Å². The molecule has 0 saturated carbocycles. The predicted octanol–water partition coefficient (Wildman–Crippen LogP) is 3.63. The molecule has 2 heterocycles. The average Bonchev–Trinajstić information content (AvgIpc) is 3.31. The molecule has 0 amide bonds. The zero-order valence-corrected chi connectivity index (χ0v) is 15.2. The van der Waals surface area contributed by atoms with E-state index in [1.165, 1.54) is 7.11 Å². The fourth-order valence-electron chi connectivity index (χ4n) is 3.85. The first-order chi connectivity index (χ1) is 13.6. The van der Waals surface area contributed by atoms with Gasteiger partial charge in [0.2, 0.25) is 6.79 Å². The first-order valence-corrected chi connectivity index (χ1v) is 8.63. The molecule has 7 nitrogen and oxygen atoms in total. The summed E-state index contributed by atoms with van der Waals surface area (Å²) in [6.07, 6.45) is 0. The van der Waals surface area contributed by atoms with Crippen LogP contribution in [0.4, 0.5) is 0 Å². The van der Waals surface area contributed by atoms with Gasteiger partial charge in [0.25, 0.3) is 0 Å². The molecular weight excluding hydrogens is 364 g/mol. The molecule has 0 aliphatic carbocycles. The van der Waals surface area contributed by atoms with Crippen LogP contribution in [-0.4, -0.2) is 32.1 Å². The van der Waals surface area contributed by atoms with Gasteiger partial charge in [-0.25, -0.2) is 4.79 Å². The number of rotatable bonds is 3. The van der Waals surface area contributed by atoms with Crippen molar-refractivity contribution in [1.82, 2.24) is 0 Å². The van der Waals surface area contributed by atoms with E-state index in [0.717, 1.165) is 10.8 Å². The summed E-state index contributed by atoms with van der Waals surface area (Å²) in [5, 5.41) is 11.8. The fraction of sp³-hybridized carbons (Fsp3) is 0.190. The minimum Gasteiger partial charge on any atom is -0.504 e. The van der Waals surface area contributed by atoms with E-state index in [9.17, 15) is 9.90 Å². The van der Waals surface area contributed by atoms with Gasteiger partial charge in [0, 0.05) is 16.5 Å². The Morgan fingerprint density at radius 1 is 0.929 bits per heavy atom. The summed E-state index contributed by atoms with van der Waals surface area (Å²) in [4.78, 5) is 12.6. The van der Waals surface area contributed by atoms with Crippen molar-refractivity contribution in [3.63, 3.8) is 0 Å². The third-order valence-electron chi connectivity index (χ3n) is 5.08. The summed E-state index contributed by atoms with van der Waals surface area (Å²) in [6.45, 7) is 0.255. The fourth-order valence-corrected chi connectivity index (χ4v) is 3.85. The summed E-state index contributed by atoms with van der Waals surface area (Å²) in [6, 6.07) is 8.67. The van der Waals surface area contributed by atoms with Crippen molar-refractivity contribution in [2.45, 2.75) is 6.61 Å². The lowest BCUT2D eigenvalue weighted by molar-refractivity contribution is 0.0535. The van der Waals surface area contributed by atoms with Crippen molar-refractivity contribution < 1.29 is 33.6 Å². The first-order valence-electron chi connectivity index (χ1n) is 8.63. The van der Waals surface area contributed by atoms with E-state index in [1.54, 1.807) is 25.3 Å². The number of ether oxygens (including phenoxy) is 5. The zero-order valence-electron chi connectivity index (χ0n) is 15.2. The highest BCUT2D eigenvalue weighted by molar-refractivity contribution is 6.14. The highest BCUT2D eigenvalue weighted by Crippen LogP contribution is 2.49. The van der Waals surface area contributed by atoms with Gasteiger partial charge in [-0.05, 0) is 35.2 Å². The molecule has 0 saturated heterocycles. The number of fused-ring (bicyclic) bond motifs is 3. The van der Waals surface area contributed by atoms with Crippen molar-refractivity contribution >= 4 is 16.7 Å². The molecule has 5 rings (SSSR count). The van der Waals surface area contributed by atoms with Crippen LogP contribution < -0.4 is 18.9 Å². The van der Waals surface area contributed by atoms with E-state index in [1.807, 2.05) is 12.1 Å². The van der Waals surface area contributed by atoms with E-state index >= 15 is 0 Å². The maximum Gasteiger partial charge on any atom is 0.339 e. The van der Waals surface area contributed by atoms with Gasteiger partial charge in [-0.1, -0.05) is 6.07 Å². The minimum absolute atomic E-state index is 0.0233. The molecule has 1 N–H and O–H groups in total. The summed E-state index contributed by atoms with van der Waals surface area (Å²) in [5.41, 5.74) is 2.39. The Bertz CT molecular complexity index is 1150. The second kappa shape index (κ2) is 5.95. The molecule has 0 aromatic heterocycles. The molecule has 0 bridgehead atoms. The van der Waals surface area contributed by atoms with E-state index < -0.39 is 5.97 Å². The van der Waals surface area contributed by atoms with Crippen molar-refractivity contribution in [2.24, 2.45) is 0 Å². The van der Waals surface area contributed by atoms with Gasteiger partial charge < -0.3 is 28.8 Å². The van der Waals surface area contributed by atoms with E-state index in [0.29, 0.717) is 45.3 Å². The third-order valence-corrected chi connectivity index (χ3v) is 5.08. The molecule has 0 unspecified atom stereocenters. The minimum atomic E-state index is -0.432. The molecule has 3 aromatic rings. The Labute approximate surface area is 160 Å². The van der Waals surface area contributed by atoms with Gasteiger partial charge in [-0.2, -0.15) is 0 Å². The lowest BCUT2D eigenvalue weighted by Crippen LogP contribution is -2.01. The molecule has 2 aliphatic rings. The van der Waals surface area contributed by atoms with Gasteiger partial charge in [0.1, 0.15) is 12.4 Å². The lowest BCUT2D eigenvalue weighted by Gasteiger charge is -2.16. The molecular formula is C21H16O7. The number of phenols is 1. The number of phenolic OH excluding ortho intramolecular Hbond substituents is 1. The van der Waals surface area contributed by atoms with Crippen LogP contribution in [0.5, 0.6) is 28.7 Å². The maximum atomic E-state index is 12.6. The predicted molar refractivity (Wildman–Crippen MR) is 99.4 cm³/mol. The number of hydrogen-bond acceptors (Lipinski definition) is 7. The Morgan fingerprint density at radius 2 is 1.68 bits per heavy atom. The normalized spacial score (nSPS) is 14.1. The van der Waals surface area contributed by atoms with Crippen molar-refractivity contribution in [1.29, 1.82) is 0 Å². The zero-order chi connectivity index (χ0) is 19.4. The number of cyclic esters (lactones) is 1. The van der Waals surface area contributed by atoms with Crippen molar-refractivity contribution in [3.8, 4) is 39.9 Å². The molecule has 0 atom stereocenters. The van der Waals surface area contributed by atoms with Crippen LogP contribution in [0.25, 0.3) is 21.9 Å². The molecule has 2 aliphatic heterocycles. The van der Waals surface area contributed by atoms with Crippen LogP contribution in [0.1, 0.15) is 15.9 Å². The third kappa shape index (κ3) is 2.19. The second-order valence-electron chi connectivity index (χ2n) is 6.48. The number of esters is 1. The molecule has 142 valence electrons. The molecule has 7 heteroatoms. The molecule has 0 radical (unpaired) electrons. The topological polar surface area (TPSA) is 83.5 Å². The summed E-state index contributed by atoms with van der Waals surface area (Å²) in [7, 11) is 3.04. The van der Waals surface area contributed by atoms with Gasteiger partial charge in [-0.3, -0.25) is 0 Å². The molecule has 0 spiro atoms. The quantitative estimate of drug-likeness (QED) is 0.695. The largest absolute Gasteiger partial charge is 0.504 e. The first kappa shape index (κ1) is 16.6.